The van der Waals surface area contributed by atoms with E-state index in [9.17, 15) is 0 Å². The highest BCUT2D eigenvalue weighted by Gasteiger charge is 2.02. The molecule has 2 rings (SSSR count). The van der Waals surface area contributed by atoms with E-state index < -0.39 is 0 Å². The molecule has 1 heterocycles. The van der Waals surface area contributed by atoms with E-state index in [1.165, 1.54) is 6.20 Å². The lowest BCUT2D eigenvalue weighted by Crippen LogP contribution is -2.00. The van der Waals surface area contributed by atoms with Gasteiger partial charge in [-0.2, -0.15) is 0 Å². The molecule has 0 aliphatic rings. The Kier molecular flexibility index (Phi) is 3.97. The Morgan fingerprint density at radius 3 is 2.76 bits per heavy atom. The number of aryl methyl sites for hydroxylation is 1. The summed E-state index contributed by atoms with van der Waals surface area (Å²) in [7, 11) is 0. The van der Waals surface area contributed by atoms with Gasteiger partial charge in [-0.25, -0.2) is 4.98 Å². The van der Waals surface area contributed by atoms with Crippen LogP contribution < -0.4 is 4.74 Å². The summed E-state index contributed by atoms with van der Waals surface area (Å²) in [6, 6.07) is 5.86. The summed E-state index contributed by atoms with van der Waals surface area (Å²) in [5.74, 6) is 0.838. The molecule has 1 aromatic heterocycles. The van der Waals surface area contributed by atoms with Crippen molar-refractivity contribution in [1.82, 2.24) is 9.97 Å². The third-order valence-electron chi connectivity index (χ3n) is 2.19. The fraction of sp³-hybridized carbons (Fsp3) is 0.167. The van der Waals surface area contributed by atoms with Gasteiger partial charge in [0.1, 0.15) is 17.5 Å². The second-order valence-electron chi connectivity index (χ2n) is 3.53. The molecule has 0 bridgehead atoms. The predicted octanol–water partition coefficient (Wildman–Crippen LogP) is 3.78. The van der Waals surface area contributed by atoms with Crippen molar-refractivity contribution in [3.05, 3.63) is 51.5 Å². The maximum atomic E-state index is 5.65. The van der Waals surface area contributed by atoms with Gasteiger partial charge in [0.2, 0.25) is 0 Å². The first-order valence-electron chi connectivity index (χ1n) is 5.00. The Hall–Kier alpha value is -1.13. The summed E-state index contributed by atoms with van der Waals surface area (Å²) < 4.78 is 6.69. The molecule has 0 fully saturated rings. The second-order valence-corrected chi connectivity index (χ2v) is 4.83. The van der Waals surface area contributed by atoms with Crippen LogP contribution in [0.15, 0.2) is 35.1 Å². The van der Waals surface area contributed by atoms with Crippen LogP contribution in [0.3, 0.4) is 0 Å². The van der Waals surface area contributed by atoms with Crippen LogP contribution in [0.25, 0.3) is 0 Å². The number of rotatable bonds is 3. The van der Waals surface area contributed by atoms with E-state index in [2.05, 4.69) is 25.9 Å². The molecule has 0 spiro atoms. The topological polar surface area (TPSA) is 35.0 Å². The molecule has 0 saturated carbocycles. The van der Waals surface area contributed by atoms with Gasteiger partial charge in [-0.3, -0.25) is 4.98 Å². The highest BCUT2D eigenvalue weighted by molar-refractivity contribution is 9.10. The molecule has 0 amide bonds. The number of benzene rings is 1. The van der Waals surface area contributed by atoms with Crippen LogP contribution in [-0.2, 0) is 6.61 Å². The molecule has 88 valence electrons. The van der Waals surface area contributed by atoms with Crippen molar-refractivity contribution in [3.8, 4) is 5.75 Å². The minimum Gasteiger partial charge on any atom is -0.487 e. The Morgan fingerprint density at radius 1 is 1.29 bits per heavy atom. The molecule has 1 aromatic carbocycles. The molecule has 0 N–H and O–H groups in total. The van der Waals surface area contributed by atoms with Gasteiger partial charge < -0.3 is 4.74 Å². The number of hydrogen-bond acceptors (Lipinski definition) is 3. The number of halogens is 2. The molecule has 5 heteroatoms. The first kappa shape index (κ1) is 12.3. The summed E-state index contributed by atoms with van der Waals surface area (Å²) in [5.41, 5.74) is 1.82. The molecule has 17 heavy (non-hydrogen) atoms. The van der Waals surface area contributed by atoms with Crippen LogP contribution in [0, 0.1) is 6.92 Å². The van der Waals surface area contributed by atoms with Crippen LogP contribution in [0.5, 0.6) is 5.75 Å². The van der Waals surface area contributed by atoms with Crippen molar-refractivity contribution in [2.45, 2.75) is 13.5 Å². The first-order valence-corrected chi connectivity index (χ1v) is 6.17. The molecule has 0 aliphatic heterocycles. The van der Waals surface area contributed by atoms with Gasteiger partial charge in [0.05, 0.1) is 18.1 Å². The van der Waals surface area contributed by atoms with Crippen molar-refractivity contribution in [1.29, 1.82) is 0 Å². The van der Waals surface area contributed by atoms with Crippen molar-refractivity contribution >= 4 is 27.5 Å². The quantitative estimate of drug-likeness (QED) is 0.865. The zero-order valence-corrected chi connectivity index (χ0v) is 11.5. The molecule has 0 saturated heterocycles. The first-order chi connectivity index (χ1) is 8.15. The van der Waals surface area contributed by atoms with Gasteiger partial charge in [-0.15, -0.1) is 0 Å². The number of ether oxygens (including phenoxy) is 1. The van der Waals surface area contributed by atoms with Gasteiger partial charge in [0, 0.05) is 4.47 Å². The van der Waals surface area contributed by atoms with Crippen molar-refractivity contribution in [2.24, 2.45) is 0 Å². The van der Waals surface area contributed by atoms with Crippen molar-refractivity contribution in [3.63, 3.8) is 0 Å². The molecular formula is C12H10BrClN2O. The smallest absolute Gasteiger partial charge is 0.147 e. The van der Waals surface area contributed by atoms with Crippen LogP contribution in [0.2, 0.25) is 5.15 Å². The summed E-state index contributed by atoms with van der Waals surface area (Å²) in [4.78, 5) is 8.06. The zero-order valence-electron chi connectivity index (χ0n) is 9.15. The minimum atomic E-state index is 0.382. The van der Waals surface area contributed by atoms with Gasteiger partial charge in [0.15, 0.2) is 0 Å². The van der Waals surface area contributed by atoms with Gasteiger partial charge >= 0.3 is 0 Å². The maximum absolute atomic E-state index is 5.65. The van der Waals surface area contributed by atoms with E-state index in [1.54, 1.807) is 6.20 Å². The van der Waals surface area contributed by atoms with E-state index in [4.69, 9.17) is 16.3 Å². The van der Waals surface area contributed by atoms with E-state index in [0.717, 1.165) is 21.5 Å². The molecular weight excluding hydrogens is 304 g/mol. The molecule has 2 aromatic rings. The molecule has 0 radical (unpaired) electrons. The summed E-state index contributed by atoms with van der Waals surface area (Å²) in [6.07, 6.45) is 3.12. The molecule has 3 nitrogen and oxygen atoms in total. The number of aromatic nitrogens is 2. The lowest BCUT2D eigenvalue weighted by Gasteiger charge is -2.08. The van der Waals surface area contributed by atoms with E-state index >= 15 is 0 Å². The standard InChI is InChI=1S/C12H10BrClN2O/c1-8-4-9(13)2-3-11(8)17-7-10-5-16-12(14)6-15-10/h2-6H,7H2,1H3. The summed E-state index contributed by atoms with van der Waals surface area (Å²) in [5, 5.41) is 0.383. The lowest BCUT2D eigenvalue weighted by molar-refractivity contribution is 0.298. The Labute approximate surface area is 113 Å². The SMILES string of the molecule is Cc1cc(Br)ccc1OCc1cnc(Cl)cn1. The van der Waals surface area contributed by atoms with Gasteiger partial charge in [-0.1, -0.05) is 27.5 Å². The highest BCUT2D eigenvalue weighted by Crippen LogP contribution is 2.22. The zero-order chi connectivity index (χ0) is 12.3. The number of hydrogen-bond donors (Lipinski definition) is 0. The average Bonchev–Trinajstić information content (AvgIpc) is 2.30. The summed E-state index contributed by atoms with van der Waals surface area (Å²) in [6.45, 7) is 2.38. The van der Waals surface area contributed by atoms with Crippen LogP contribution in [0.1, 0.15) is 11.3 Å². The lowest BCUT2D eigenvalue weighted by atomic mass is 10.2. The fourth-order valence-corrected chi connectivity index (χ4v) is 1.91. The highest BCUT2D eigenvalue weighted by atomic mass is 79.9. The normalized spacial score (nSPS) is 10.3. The van der Waals surface area contributed by atoms with E-state index in [1.807, 2.05) is 25.1 Å². The minimum absolute atomic E-state index is 0.382. The number of nitrogens with zero attached hydrogens (tertiary/aromatic N) is 2. The predicted molar refractivity (Wildman–Crippen MR) is 70.3 cm³/mol. The third kappa shape index (κ3) is 3.41. The Morgan fingerprint density at radius 2 is 2.12 bits per heavy atom. The van der Waals surface area contributed by atoms with E-state index in [0.29, 0.717) is 11.8 Å². The van der Waals surface area contributed by atoms with Crippen molar-refractivity contribution < 1.29 is 4.74 Å². The maximum Gasteiger partial charge on any atom is 0.147 e. The second kappa shape index (κ2) is 5.47. The van der Waals surface area contributed by atoms with Gasteiger partial charge in [0.25, 0.3) is 0 Å². The van der Waals surface area contributed by atoms with Crippen LogP contribution in [-0.4, -0.2) is 9.97 Å². The molecule has 0 aliphatic carbocycles. The average molecular weight is 314 g/mol. The molecule has 0 unspecified atom stereocenters. The van der Waals surface area contributed by atoms with Crippen molar-refractivity contribution in [2.75, 3.05) is 0 Å². The molecule has 0 atom stereocenters. The third-order valence-corrected chi connectivity index (χ3v) is 2.87. The largest absolute Gasteiger partial charge is 0.487 e. The Bertz CT molecular complexity index is 516. The van der Waals surface area contributed by atoms with E-state index in [-0.39, 0.29) is 0 Å². The van der Waals surface area contributed by atoms with Gasteiger partial charge in [-0.05, 0) is 30.7 Å². The Balaban J connectivity index is 2.04. The van der Waals surface area contributed by atoms with Crippen LogP contribution >= 0.6 is 27.5 Å². The fourth-order valence-electron chi connectivity index (χ4n) is 1.34. The van der Waals surface area contributed by atoms with Crippen LogP contribution in [0.4, 0.5) is 0 Å². The summed E-state index contributed by atoms with van der Waals surface area (Å²) >= 11 is 9.06. The monoisotopic (exact) mass is 312 g/mol.